The Morgan fingerprint density at radius 3 is 2.77 bits per heavy atom. The summed E-state index contributed by atoms with van der Waals surface area (Å²) in [6.07, 6.45) is 0. The summed E-state index contributed by atoms with van der Waals surface area (Å²) in [4.78, 5) is 14.6. The molecule has 1 heterocycles. The van der Waals surface area contributed by atoms with Crippen LogP contribution in [0.5, 0.6) is 17.2 Å². The summed E-state index contributed by atoms with van der Waals surface area (Å²) in [5.74, 6) is 2.07. The molecule has 26 heavy (non-hydrogen) atoms. The Hall–Kier alpha value is -2.73. The van der Waals surface area contributed by atoms with Crippen LogP contribution in [0.2, 0.25) is 0 Å². The molecule has 2 aromatic rings. The molecule has 0 saturated heterocycles. The van der Waals surface area contributed by atoms with E-state index in [1.54, 1.807) is 7.11 Å². The fraction of sp³-hybridized carbons (Fsp3) is 0.350. The van der Waals surface area contributed by atoms with Crippen molar-refractivity contribution >= 4 is 11.6 Å². The molecule has 0 aliphatic carbocycles. The van der Waals surface area contributed by atoms with Crippen LogP contribution in [-0.4, -0.2) is 37.8 Å². The van der Waals surface area contributed by atoms with Crippen LogP contribution in [0.25, 0.3) is 0 Å². The number of methoxy groups -OCH3 is 1. The Kier molecular flexibility index (Phi) is 5.32. The fourth-order valence-corrected chi connectivity index (χ4v) is 2.82. The van der Waals surface area contributed by atoms with E-state index in [9.17, 15) is 4.79 Å². The van der Waals surface area contributed by atoms with Gasteiger partial charge in [0.2, 0.25) is 12.7 Å². The van der Waals surface area contributed by atoms with Crippen LogP contribution in [0.1, 0.15) is 18.1 Å². The Balaban J connectivity index is 1.65. The summed E-state index contributed by atoms with van der Waals surface area (Å²) in [5, 5.41) is 2.96. The lowest BCUT2D eigenvalue weighted by molar-refractivity contribution is -0.120. The van der Waals surface area contributed by atoms with Gasteiger partial charge in [0.15, 0.2) is 11.5 Å². The van der Waals surface area contributed by atoms with Crippen molar-refractivity contribution in [3.05, 3.63) is 47.5 Å². The third-order valence-corrected chi connectivity index (χ3v) is 4.52. The molecule has 1 aliphatic rings. The van der Waals surface area contributed by atoms with Gasteiger partial charge in [-0.15, -0.1) is 0 Å². The molecular weight excluding hydrogens is 332 g/mol. The SMILES string of the molecule is COc1ccc(C)cc1NC(=O)[C@@H](C)N(C)Cc1ccc2c(c1)OCO2. The summed E-state index contributed by atoms with van der Waals surface area (Å²) in [5.41, 5.74) is 2.80. The van der Waals surface area contributed by atoms with Gasteiger partial charge < -0.3 is 19.5 Å². The van der Waals surface area contributed by atoms with E-state index in [4.69, 9.17) is 14.2 Å². The number of aryl methyl sites for hydroxylation is 1. The highest BCUT2D eigenvalue weighted by atomic mass is 16.7. The minimum Gasteiger partial charge on any atom is -0.495 e. The second-order valence-electron chi connectivity index (χ2n) is 6.47. The summed E-state index contributed by atoms with van der Waals surface area (Å²) in [6, 6.07) is 11.2. The molecular formula is C20H24N2O4. The average molecular weight is 356 g/mol. The zero-order valence-electron chi connectivity index (χ0n) is 15.5. The van der Waals surface area contributed by atoms with Gasteiger partial charge in [0.1, 0.15) is 5.75 Å². The van der Waals surface area contributed by atoms with Crippen LogP contribution in [0, 0.1) is 6.92 Å². The van der Waals surface area contributed by atoms with Gasteiger partial charge in [-0.1, -0.05) is 12.1 Å². The molecule has 6 nitrogen and oxygen atoms in total. The van der Waals surface area contributed by atoms with Gasteiger partial charge in [0, 0.05) is 6.54 Å². The molecule has 0 bridgehead atoms. The molecule has 1 aliphatic heterocycles. The molecule has 0 radical (unpaired) electrons. The second kappa shape index (κ2) is 7.66. The smallest absolute Gasteiger partial charge is 0.241 e. The molecule has 0 unspecified atom stereocenters. The lowest BCUT2D eigenvalue weighted by Crippen LogP contribution is -2.39. The van der Waals surface area contributed by atoms with Crippen molar-refractivity contribution < 1.29 is 19.0 Å². The maximum Gasteiger partial charge on any atom is 0.241 e. The van der Waals surface area contributed by atoms with Crippen molar-refractivity contribution in [2.24, 2.45) is 0 Å². The molecule has 0 spiro atoms. The highest BCUT2D eigenvalue weighted by Gasteiger charge is 2.21. The number of hydrogen-bond donors (Lipinski definition) is 1. The lowest BCUT2D eigenvalue weighted by atomic mass is 10.1. The van der Waals surface area contributed by atoms with E-state index in [1.807, 2.05) is 62.2 Å². The summed E-state index contributed by atoms with van der Waals surface area (Å²) < 4.78 is 16.1. The molecule has 1 amide bonds. The average Bonchev–Trinajstić information content (AvgIpc) is 3.09. The molecule has 0 saturated carbocycles. The normalized spacial score (nSPS) is 13.6. The van der Waals surface area contributed by atoms with Gasteiger partial charge in [-0.05, 0) is 56.3 Å². The van der Waals surface area contributed by atoms with Gasteiger partial charge in [-0.3, -0.25) is 9.69 Å². The third kappa shape index (κ3) is 3.91. The maximum atomic E-state index is 12.7. The van der Waals surface area contributed by atoms with Crippen molar-refractivity contribution in [2.75, 3.05) is 26.3 Å². The van der Waals surface area contributed by atoms with Gasteiger partial charge in [-0.2, -0.15) is 0 Å². The van der Waals surface area contributed by atoms with Crippen LogP contribution >= 0.6 is 0 Å². The zero-order valence-corrected chi connectivity index (χ0v) is 15.5. The number of hydrogen-bond acceptors (Lipinski definition) is 5. The van der Waals surface area contributed by atoms with Crippen molar-refractivity contribution in [2.45, 2.75) is 26.4 Å². The van der Waals surface area contributed by atoms with Crippen LogP contribution in [-0.2, 0) is 11.3 Å². The molecule has 2 aromatic carbocycles. The van der Waals surface area contributed by atoms with Gasteiger partial charge >= 0.3 is 0 Å². The van der Waals surface area contributed by atoms with Crippen molar-refractivity contribution in [1.82, 2.24) is 4.90 Å². The number of fused-ring (bicyclic) bond motifs is 1. The van der Waals surface area contributed by atoms with Crippen LogP contribution in [0.15, 0.2) is 36.4 Å². The molecule has 1 atom stereocenters. The minimum atomic E-state index is -0.314. The number of likely N-dealkylation sites (N-methyl/N-ethyl adjacent to an activating group) is 1. The summed E-state index contributed by atoms with van der Waals surface area (Å²) in [7, 11) is 3.51. The monoisotopic (exact) mass is 356 g/mol. The number of amides is 1. The Labute approximate surface area is 153 Å². The Morgan fingerprint density at radius 1 is 1.23 bits per heavy atom. The lowest BCUT2D eigenvalue weighted by Gasteiger charge is -2.24. The minimum absolute atomic E-state index is 0.0860. The molecule has 0 fully saturated rings. The van der Waals surface area contributed by atoms with Gasteiger partial charge in [0.25, 0.3) is 0 Å². The number of nitrogens with zero attached hydrogens (tertiary/aromatic N) is 1. The van der Waals surface area contributed by atoms with Crippen LogP contribution in [0.3, 0.4) is 0 Å². The predicted molar refractivity (Wildman–Crippen MR) is 99.9 cm³/mol. The standard InChI is InChI=1S/C20H24N2O4/c1-13-5-7-17(24-4)16(9-13)21-20(23)14(2)22(3)11-15-6-8-18-19(10-15)26-12-25-18/h5-10,14H,11-12H2,1-4H3,(H,21,23)/t14-/m1/s1. The van der Waals surface area contributed by atoms with E-state index in [0.717, 1.165) is 22.6 Å². The molecule has 138 valence electrons. The number of nitrogens with one attached hydrogen (secondary N) is 1. The second-order valence-corrected chi connectivity index (χ2v) is 6.47. The number of ether oxygens (including phenoxy) is 3. The number of carbonyl (C=O) groups is 1. The molecule has 1 N–H and O–H groups in total. The third-order valence-electron chi connectivity index (χ3n) is 4.52. The topological polar surface area (TPSA) is 60.0 Å². The van der Waals surface area contributed by atoms with Gasteiger partial charge in [-0.25, -0.2) is 0 Å². The first kappa shape index (κ1) is 18.1. The van der Waals surface area contributed by atoms with Crippen LogP contribution < -0.4 is 19.5 Å². The molecule has 6 heteroatoms. The highest BCUT2D eigenvalue weighted by molar-refractivity contribution is 5.95. The molecule has 0 aromatic heterocycles. The summed E-state index contributed by atoms with van der Waals surface area (Å²) >= 11 is 0. The first-order valence-corrected chi connectivity index (χ1v) is 8.52. The van der Waals surface area contributed by atoms with Crippen molar-refractivity contribution in [1.29, 1.82) is 0 Å². The van der Waals surface area contributed by atoms with Crippen molar-refractivity contribution in [3.63, 3.8) is 0 Å². The van der Waals surface area contributed by atoms with Crippen molar-refractivity contribution in [3.8, 4) is 17.2 Å². The van der Waals surface area contributed by atoms with Crippen LogP contribution in [0.4, 0.5) is 5.69 Å². The van der Waals surface area contributed by atoms with E-state index in [1.165, 1.54) is 0 Å². The summed E-state index contributed by atoms with van der Waals surface area (Å²) in [6.45, 7) is 4.73. The van der Waals surface area contributed by atoms with E-state index < -0.39 is 0 Å². The number of benzene rings is 2. The van der Waals surface area contributed by atoms with E-state index >= 15 is 0 Å². The Morgan fingerprint density at radius 2 is 2.00 bits per heavy atom. The fourth-order valence-electron chi connectivity index (χ4n) is 2.82. The number of carbonyl (C=O) groups excluding carboxylic acids is 1. The van der Waals surface area contributed by atoms with E-state index in [-0.39, 0.29) is 18.7 Å². The number of rotatable bonds is 6. The maximum absolute atomic E-state index is 12.7. The first-order chi connectivity index (χ1) is 12.5. The quantitative estimate of drug-likeness (QED) is 0.861. The highest BCUT2D eigenvalue weighted by Crippen LogP contribution is 2.33. The molecule has 3 rings (SSSR count). The Bertz CT molecular complexity index is 806. The van der Waals surface area contributed by atoms with E-state index in [2.05, 4.69) is 5.32 Å². The zero-order chi connectivity index (χ0) is 18.7. The number of anilines is 1. The van der Waals surface area contributed by atoms with E-state index in [0.29, 0.717) is 18.0 Å². The largest absolute Gasteiger partial charge is 0.495 e. The van der Waals surface area contributed by atoms with Gasteiger partial charge in [0.05, 0.1) is 18.8 Å². The predicted octanol–water partition coefficient (Wildman–Crippen LogP) is 3.19. The first-order valence-electron chi connectivity index (χ1n) is 8.52.